The molecule has 1 atom stereocenters. The Hall–Kier alpha value is -3.29. The van der Waals surface area contributed by atoms with Crippen LogP contribution in [0.4, 0.5) is 17.2 Å². The molecule has 1 aliphatic rings. The summed E-state index contributed by atoms with van der Waals surface area (Å²) in [5, 5.41) is 8.72. The smallest absolute Gasteiger partial charge is 0.196 e. The van der Waals surface area contributed by atoms with Crippen molar-refractivity contribution in [1.29, 1.82) is 0 Å². The minimum Gasteiger partial charge on any atom is -0.493 e. The van der Waals surface area contributed by atoms with E-state index in [0.717, 1.165) is 34.0 Å². The molecule has 1 aromatic heterocycles. The number of nitrogens with zero attached hydrogens (tertiary/aromatic N) is 3. The van der Waals surface area contributed by atoms with Gasteiger partial charge in [-0.2, -0.15) is 5.10 Å². The van der Waals surface area contributed by atoms with Gasteiger partial charge < -0.3 is 19.5 Å². The molecular weight excluding hydrogens is 428 g/mol. The minimum absolute atomic E-state index is 0.456. The van der Waals surface area contributed by atoms with E-state index in [1.807, 2.05) is 54.9 Å². The molecule has 1 unspecified atom stereocenters. The Morgan fingerprint density at radius 2 is 1.97 bits per heavy atom. The van der Waals surface area contributed by atoms with Gasteiger partial charge in [0.15, 0.2) is 23.6 Å². The molecule has 2 heterocycles. The number of rotatable bonds is 7. The van der Waals surface area contributed by atoms with Crippen LogP contribution in [-0.2, 0) is 11.3 Å². The van der Waals surface area contributed by atoms with Crippen molar-refractivity contribution in [2.24, 2.45) is 4.99 Å². The first kappa shape index (κ1) is 21.9. The number of hydrogen-bond acceptors (Lipinski definition) is 6. The highest BCUT2D eigenvalue weighted by atomic mass is 35.5. The van der Waals surface area contributed by atoms with Crippen molar-refractivity contribution < 1.29 is 14.2 Å². The second-order valence-corrected chi connectivity index (χ2v) is 7.70. The highest BCUT2D eigenvalue weighted by Crippen LogP contribution is 2.43. The first-order valence-electron chi connectivity index (χ1n) is 10.2. The number of anilines is 2. The zero-order chi connectivity index (χ0) is 22.8. The SMILES string of the molecule is C=CCn1nc(C)c2c1Nc1cc(OC)c(OC(C)OC)cc1C(c1ccccc1Cl)=N2. The topological polar surface area (TPSA) is 69.9 Å². The molecule has 4 rings (SSSR count). The summed E-state index contributed by atoms with van der Waals surface area (Å²) in [7, 11) is 3.19. The van der Waals surface area contributed by atoms with Gasteiger partial charge in [-0.1, -0.05) is 35.9 Å². The van der Waals surface area contributed by atoms with Gasteiger partial charge in [-0.3, -0.25) is 0 Å². The molecule has 1 aliphatic heterocycles. The van der Waals surface area contributed by atoms with Gasteiger partial charge in [0.1, 0.15) is 5.69 Å². The summed E-state index contributed by atoms with van der Waals surface area (Å²) < 4.78 is 18.7. The molecule has 7 nitrogen and oxygen atoms in total. The fourth-order valence-corrected chi connectivity index (χ4v) is 3.81. The second kappa shape index (κ2) is 9.06. The van der Waals surface area contributed by atoms with Crippen LogP contribution >= 0.6 is 11.6 Å². The van der Waals surface area contributed by atoms with Gasteiger partial charge in [-0.15, -0.1) is 6.58 Å². The van der Waals surface area contributed by atoms with Gasteiger partial charge in [0.2, 0.25) is 0 Å². The van der Waals surface area contributed by atoms with Crippen LogP contribution in [0, 0.1) is 6.92 Å². The average Bonchev–Trinajstić information content (AvgIpc) is 2.97. The van der Waals surface area contributed by atoms with E-state index in [1.54, 1.807) is 20.3 Å². The number of fused-ring (bicyclic) bond motifs is 2. The van der Waals surface area contributed by atoms with E-state index < -0.39 is 6.29 Å². The Bertz CT molecular complexity index is 1200. The van der Waals surface area contributed by atoms with Crippen molar-refractivity contribution in [3.8, 4) is 11.5 Å². The number of aliphatic imine (C=N–C) groups is 1. The first-order chi connectivity index (χ1) is 15.5. The van der Waals surface area contributed by atoms with E-state index >= 15 is 0 Å². The number of nitrogens with one attached hydrogen (secondary N) is 1. The third kappa shape index (κ3) is 3.97. The van der Waals surface area contributed by atoms with E-state index in [-0.39, 0.29) is 0 Å². The first-order valence-corrected chi connectivity index (χ1v) is 10.5. The van der Waals surface area contributed by atoms with Gasteiger partial charge >= 0.3 is 0 Å². The zero-order valence-electron chi connectivity index (χ0n) is 18.5. The second-order valence-electron chi connectivity index (χ2n) is 7.29. The molecule has 0 saturated carbocycles. The van der Waals surface area contributed by atoms with Crippen LogP contribution in [0.3, 0.4) is 0 Å². The molecule has 0 fully saturated rings. The summed E-state index contributed by atoms with van der Waals surface area (Å²) in [5.74, 6) is 1.87. The number of aryl methyl sites for hydroxylation is 1. The Labute approximate surface area is 192 Å². The maximum Gasteiger partial charge on any atom is 0.196 e. The normalized spacial score (nSPS) is 13.2. The lowest BCUT2D eigenvalue weighted by molar-refractivity contribution is -0.0395. The molecule has 166 valence electrons. The largest absolute Gasteiger partial charge is 0.493 e. The van der Waals surface area contributed by atoms with E-state index in [4.69, 9.17) is 30.8 Å². The lowest BCUT2D eigenvalue weighted by atomic mass is 9.99. The molecule has 8 heteroatoms. The fourth-order valence-electron chi connectivity index (χ4n) is 3.58. The summed E-state index contributed by atoms with van der Waals surface area (Å²) in [4.78, 5) is 5.03. The van der Waals surface area contributed by atoms with Crippen molar-refractivity contribution in [2.45, 2.75) is 26.7 Å². The van der Waals surface area contributed by atoms with Crippen LogP contribution in [0.25, 0.3) is 0 Å². The molecule has 0 radical (unpaired) electrons. The molecule has 0 amide bonds. The Morgan fingerprint density at radius 3 is 2.66 bits per heavy atom. The number of ether oxygens (including phenoxy) is 3. The van der Waals surface area contributed by atoms with Gasteiger partial charge in [0.25, 0.3) is 0 Å². The standard InChI is InChI=1S/C24H25ClN4O3/c1-6-11-29-24-22(14(2)28-29)27-23(16-9-7-8-10-18(16)25)17-12-21(32-15(3)30-4)20(31-5)13-19(17)26-24/h6-10,12-13,15,26H,1,11H2,2-5H3. The summed E-state index contributed by atoms with van der Waals surface area (Å²) in [6.07, 6.45) is 1.34. The minimum atomic E-state index is -0.456. The summed E-state index contributed by atoms with van der Waals surface area (Å²) in [6, 6.07) is 11.4. The number of halogens is 1. The number of hydrogen-bond donors (Lipinski definition) is 1. The average molecular weight is 453 g/mol. The van der Waals surface area contributed by atoms with Gasteiger partial charge in [0.05, 0.1) is 30.7 Å². The third-order valence-electron chi connectivity index (χ3n) is 5.19. The molecule has 3 aromatic rings. The predicted octanol–water partition coefficient (Wildman–Crippen LogP) is 5.64. The summed E-state index contributed by atoms with van der Waals surface area (Å²) in [6.45, 7) is 8.13. The van der Waals surface area contributed by atoms with E-state index in [9.17, 15) is 0 Å². The molecular formula is C24H25ClN4O3. The molecule has 1 N–H and O–H groups in total. The van der Waals surface area contributed by atoms with Crippen LogP contribution < -0.4 is 14.8 Å². The van der Waals surface area contributed by atoms with Crippen LogP contribution in [0.1, 0.15) is 23.7 Å². The van der Waals surface area contributed by atoms with Crippen LogP contribution in [0.15, 0.2) is 54.0 Å². The molecule has 0 saturated heterocycles. The van der Waals surface area contributed by atoms with Crippen molar-refractivity contribution in [2.75, 3.05) is 19.5 Å². The molecule has 0 bridgehead atoms. The van der Waals surface area contributed by atoms with Gasteiger partial charge in [-0.25, -0.2) is 9.67 Å². The van der Waals surface area contributed by atoms with Gasteiger partial charge in [-0.05, 0) is 26.0 Å². The zero-order valence-corrected chi connectivity index (χ0v) is 19.2. The lowest BCUT2D eigenvalue weighted by Gasteiger charge is -2.19. The van der Waals surface area contributed by atoms with Gasteiger partial charge in [0, 0.05) is 29.3 Å². The molecule has 32 heavy (non-hydrogen) atoms. The van der Waals surface area contributed by atoms with Crippen LogP contribution in [0.5, 0.6) is 11.5 Å². The predicted molar refractivity (Wildman–Crippen MR) is 127 cm³/mol. The molecule has 0 spiro atoms. The molecule has 2 aromatic carbocycles. The molecule has 0 aliphatic carbocycles. The van der Waals surface area contributed by atoms with Crippen molar-refractivity contribution in [3.05, 3.63) is 70.9 Å². The number of methoxy groups -OCH3 is 2. The Kier molecular flexibility index (Phi) is 6.21. The van der Waals surface area contributed by atoms with Crippen LogP contribution in [-0.4, -0.2) is 36.0 Å². The van der Waals surface area contributed by atoms with E-state index in [0.29, 0.717) is 28.8 Å². The number of benzene rings is 2. The number of allylic oxidation sites excluding steroid dienone is 1. The monoisotopic (exact) mass is 452 g/mol. The fraction of sp³-hybridized carbons (Fsp3) is 0.250. The van der Waals surface area contributed by atoms with Crippen molar-refractivity contribution >= 4 is 34.5 Å². The summed E-state index contributed by atoms with van der Waals surface area (Å²) >= 11 is 6.59. The Balaban J connectivity index is 2.00. The van der Waals surface area contributed by atoms with Crippen molar-refractivity contribution in [3.63, 3.8) is 0 Å². The number of aromatic nitrogens is 2. The maximum absolute atomic E-state index is 6.59. The maximum atomic E-state index is 6.59. The lowest BCUT2D eigenvalue weighted by Crippen LogP contribution is -2.15. The summed E-state index contributed by atoms with van der Waals surface area (Å²) in [5.41, 5.74) is 4.65. The third-order valence-corrected chi connectivity index (χ3v) is 5.52. The highest BCUT2D eigenvalue weighted by Gasteiger charge is 2.26. The highest BCUT2D eigenvalue weighted by molar-refractivity contribution is 6.36. The van der Waals surface area contributed by atoms with Crippen molar-refractivity contribution in [1.82, 2.24) is 9.78 Å². The van der Waals surface area contributed by atoms with E-state index in [1.165, 1.54) is 0 Å². The van der Waals surface area contributed by atoms with E-state index in [2.05, 4.69) is 17.0 Å². The quantitative estimate of drug-likeness (QED) is 0.290. The van der Waals surface area contributed by atoms with Crippen LogP contribution in [0.2, 0.25) is 5.02 Å². The Morgan fingerprint density at radius 1 is 1.19 bits per heavy atom.